The zero-order chi connectivity index (χ0) is 15.5. The summed E-state index contributed by atoms with van der Waals surface area (Å²) in [5.41, 5.74) is 0.908. The van der Waals surface area contributed by atoms with E-state index in [9.17, 15) is 8.42 Å². The van der Waals surface area contributed by atoms with Gasteiger partial charge < -0.3 is 4.74 Å². The molecule has 6 heteroatoms. The molecule has 4 nitrogen and oxygen atoms in total. The second kappa shape index (κ2) is 6.60. The summed E-state index contributed by atoms with van der Waals surface area (Å²) in [5, 5.41) is 0. The van der Waals surface area contributed by atoms with Crippen LogP contribution in [0.2, 0.25) is 0 Å². The molecule has 1 atom stereocenters. The molecule has 0 aliphatic rings. The minimum atomic E-state index is -3.61. The van der Waals surface area contributed by atoms with Crippen molar-refractivity contribution >= 4 is 26.0 Å². The van der Waals surface area contributed by atoms with Gasteiger partial charge in [-0.15, -0.1) is 0 Å². The van der Waals surface area contributed by atoms with Crippen LogP contribution in [-0.4, -0.2) is 15.5 Å². The number of halogens is 1. The number of benzene rings is 2. The third-order valence-corrected chi connectivity index (χ3v) is 5.26. The molecule has 0 spiro atoms. The second-order valence-corrected chi connectivity index (χ2v) is 7.12. The first kappa shape index (κ1) is 16.0. The van der Waals surface area contributed by atoms with E-state index in [4.69, 9.17) is 4.74 Å². The van der Waals surface area contributed by atoms with E-state index in [1.165, 1.54) is 19.2 Å². The van der Waals surface area contributed by atoms with Crippen molar-refractivity contribution in [3.8, 4) is 5.75 Å². The molecule has 2 aromatic rings. The van der Waals surface area contributed by atoms with Gasteiger partial charge in [0.15, 0.2) is 0 Å². The van der Waals surface area contributed by atoms with Gasteiger partial charge in [0.05, 0.1) is 16.5 Å². The van der Waals surface area contributed by atoms with Crippen LogP contribution < -0.4 is 9.46 Å². The van der Waals surface area contributed by atoms with Gasteiger partial charge in [-0.1, -0.05) is 30.3 Å². The molecule has 1 N–H and O–H groups in total. The van der Waals surface area contributed by atoms with Gasteiger partial charge in [0.25, 0.3) is 0 Å². The largest absolute Gasteiger partial charge is 0.496 e. The summed E-state index contributed by atoms with van der Waals surface area (Å²) >= 11 is 3.30. The second-order valence-electron chi connectivity index (χ2n) is 4.55. The van der Waals surface area contributed by atoms with Gasteiger partial charge >= 0.3 is 0 Å². The first-order valence-corrected chi connectivity index (χ1v) is 8.62. The molecular formula is C15H16BrNO3S. The Morgan fingerprint density at radius 1 is 1.14 bits per heavy atom. The maximum Gasteiger partial charge on any atom is 0.241 e. The first-order chi connectivity index (χ1) is 9.94. The summed E-state index contributed by atoms with van der Waals surface area (Å²) in [7, 11) is -2.11. The molecule has 2 aromatic carbocycles. The monoisotopic (exact) mass is 369 g/mol. The number of methoxy groups -OCH3 is 1. The smallest absolute Gasteiger partial charge is 0.241 e. The van der Waals surface area contributed by atoms with E-state index < -0.39 is 10.0 Å². The summed E-state index contributed by atoms with van der Waals surface area (Å²) in [5.74, 6) is 0.477. The van der Waals surface area contributed by atoms with E-state index in [2.05, 4.69) is 20.7 Å². The Hall–Kier alpha value is -1.37. The van der Waals surface area contributed by atoms with E-state index in [1.807, 2.05) is 37.3 Å². The lowest BCUT2D eigenvalue weighted by molar-refractivity contribution is 0.410. The lowest BCUT2D eigenvalue weighted by Crippen LogP contribution is -2.26. The highest BCUT2D eigenvalue weighted by molar-refractivity contribution is 9.10. The minimum absolute atomic E-state index is 0.172. The third kappa shape index (κ3) is 3.84. The minimum Gasteiger partial charge on any atom is -0.496 e. The van der Waals surface area contributed by atoms with Crippen LogP contribution in [-0.2, 0) is 10.0 Å². The van der Waals surface area contributed by atoms with Gasteiger partial charge in [0.2, 0.25) is 10.0 Å². The van der Waals surface area contributed by atoms with Crippen molar-refractivity contribution in [2.24, 2.45) is 0 Å². The number of ether oxygens (including phenoxy) is 1. The predicted molar refractivity (Wildman–Crippen MR) is 85.9 cm³/mol. The molecule has 2 rings (SSSR count). The van der Waals surface area contributed by atoms with Crippen molar-refractivity contribution in [1.82, 2.24) is 4.72 Å². The Labute approximate surface area is 133 Å². The van der Waals surface area contributed by atoms with E-state index in [0.717, 1.165) is 5.56 Å². The Bertz CT molecular complexity index is 717. The molecule has 0 saturated heterocycles. The number of hydrogen-bond donors (Lipinski definition) is 1. The van der Waals surface area contributed by atoms with Crippen LogP contribution in [0.25, 0.3) is 0 Å². The van der Waals surface area contributed by atoms with Crippen LogP contribution in [0, 0.1) is 0 Å². The van der Waals surface area contributed by atoms with Crippen molar-refractivity contribution < 1.29 is 13.2 Å². The van der Waals surface area contributed by atoms with Crippen LogP contribution in [0.4, 0.5) is 0 Å². The molecule has 0 saturated carbocycles. The molecule has 0 aromatic heterocycles. The molecule has 0 fully saturated rings. The molecule has 0 unspecified atom stereocenters. The Kier molecular flexibility index (Phi) is 5.03. The van der Waals surface area contributed by atoms with Gasteiger partial charge in [-0.25, -0.2) is 13.1 Å². The molecule has 0 bridgehead atoms. The molecule has 0 radical (unpaired) electrons. The van der Waals surface area contributed by atoms with Crippen LogP contribution in [0.1, 0.15) is 18.5 Å². The fourth-order valence-electron chi connectivity index (χ4n) is 1.92. The van der Waals surface area contributed by atoms with Crippen LogP contribution >= 0.6 is 15.9 Å². The average Bonchev–Trinajstić information content (AvgIpc) is 2.48. The lowest BCUT2D eigenvalue weighted by Gasteiger charge is -2.15. The fraction of sp³-hybridized carbons (Fsp3) is 0.200. The molecule has 0 aliphatic carbocycles. The van der Waals surface area contributed by atoms with Crippen LogP contribution in [0.3, 0.4) is 0 Å². The Balaban J connectivity index is 2.26. The van der Waals surface area contributed by atoms with Crippen LogP contribution in [0.15, 0.2) is 57.9 Å². The number of sulfonamides is 1. The van der Waals surface area contributed by atoms with Gasteiger partial charge in [-0.2, -0.15) is 0 Å². The highest BCUT2D eigenvalue weighted by Crippen LogP contribution is 2.28. The fourth-order valence-corrected chi connectivity index (χ4v) is 3.57. The Morgan fingerprint density at radius 3 is 2.43 bits per heavy atom. The van der Waals surface area contributed by atoms with Crippen molar-refractivity contribution in [2.75, 3.05) is 7.11 Å². The lowest BCUT2D eigenvalue weighted by atomic mass is 10.1. The molecule has 0 heterocycles. The van der Waals surface area contributed by atoms with Crippen molar-refractivity contribution in [1.29, 1.82) is 0 Å². The molecular weight excluding hydrogens is 354 g/mol. The molecule has 0 amide bonds. The number of hydrogen-bond acceptors (Lipinski definition) is 3. The number of rotatable bonds is 5. The quantitative estimate of drug-likeness (QED) is 0.877. The Morgan fingerprint density at radius 2 is 1.81 bits per heavy atom. The van der Waals surface area contributed by atoms with Crippen molar-refractivity contribution in [3.63, 3.8) is 0 Å². The summed E-state index contributed by atoms with van der Waals surface area (Å²) < 4.78 is 33.3. The van der Waals surface area contributed by atoms with E-state index in [0.29, 0.717) is 10.2 Å². The maximum absolute atomic E-state index is 12.4. The maximum atomic E-state index is 12.4. The van der Waals surface area contributed by atoms with Gasteiger partial charge in [0, 0.05) is 12.1 Å². The normalized spacial score (nSPS) is 12.9. The van der Waals surface area contributed by atoms with E-state index in [1.54, 1.807) is 6.07 Å². The topological polar surface area (TPSA) is 55.4 Å². The van der Waals surface area contributed by atoms with E-state index in [-0.39, 0.29) is 10.9 Å². The summed E-state index contributed by atoms with van der Waals surface area (Å²) in [6.07, 6.45) is 0. The molecule has 0 aliphatic heterocycles. The highest BCUT2D eigenvalue weighted by atomic mass is 79.9. The summed E-state index contributed by atoms with van der Waals surface area (Å²) in [4.78, 5) is 0.172. The SMILES string of the molecule is COc1cc(S(=O)(=O)N[C@@H](C)c2ccccc2)ccc1Br. The highest BCUT2D eigenvalue weighted by Gasteiger charge is 2.19. The summed E-state index contributed by atoms with van der Waals surface area (Å²) in [6, 6.07) is 13.8. The zero-order valence-corrected chi connectivity index (χ0v) is 14.1. The van der Waals surface area contributed by atoms with E-state index >= 15 is 0 Å². The first-order valence-electron chi connectivity index (χ1n) is 6.35. The summed E-state index contributed by atoms with van der Waals surface area (Å²) in [6.45, 7) is 1.81. The van der Waals surface area contributed by atoms with Gasteiger partial charge in [0.1, 0.15) is 5.75 Å². The standard InChI is InChI=1S/C15H16BrNO3S/c1-11(12-6-4-3-5-7-12)17-21(18,19)13-8-9-14(16)15(10-13)20-2/h3-11,17H,1-2H3/t11-/m0/s1. The van der Waals surface area contributed by atoms with Crippen molar-refractivity contribution in [3.05, 3.63) is 58.6 Å². The van der Waals surface area contributed by atoms with Crippen LogP contribution in [0.5, 0.6) is 5.75 Å². The van der Waals surface area contributed by atoms with Gasteiger partial charge in [-0.3, -0.25) is 0 Å². The average molecular weight is 370 g/mol. The zero-order valence-electron chi connectivity index (χ0n) is 11.7. The van der Waals surface area contributed by atoms with Crippen molar-refractivity contribution in [2.45, 2.75) is 17.9 Å². The van der Waals surface area contributed by atoms with Gasteiger partial charge in [-0.05, 0) is 40.5 Å². The number of nitrogens with one attached hydrogen (secondary N) is 1. The molecule has 112 valence electrons. The molecule has 21 heavy (non-hydrogen) atoms. The third-order valence-electron chi connectivity index (χ3n) is 3.06. The predicted octanol–water partition coefficient (Wildman–Crippen LogP) is 3.50.